The van der Waals surface area contributed by atoms with Crippen LogP contribution in [0.5, 0.6) is 0 Å². The molecule has 8 rings (SSSR count). The molecular formula is C22H25N9O11P2S2. The molecule has 20 nitrogen and oxygen atoms in total. The fourth-order valence-corrected chi connectivity index (χ4v) is 9.01. The summed E-state index contributed by atoms with van der Waals surface area (Å²) in [6.07, 6.45) is -3.96. The van der Waals surface area contributed by atoms with E-state index in [0.717, 1.165) is 0 Å². The van der Waals surface area contributed by atoms with Crippen molar-refractivity contribution in [3.63, 3.8) is 0 Å². The molecule has 0 radical (unpaired) electrons. The van der Waals surface area contributed by atoms with Crippen LogP contribution in [0.3, 0.4) is 0 Å². The van der Waals surface area contributed by atoms with Crippen LogP contribution in [-0.2, 0) is 55.9 Å². The Hall–Kier alpha value is -2.40. The summed E-state index contributed by atoms with van der Waals surface area (Å²) in [5, 5.41) is 11.4. The van der Waals surface area contributed by atoms with Crippen molar-refractivity contribution in [1.82, 2.24) is 39.0 Å². The number of aryl methyl sites for hydroxylation is 1. The van der Waals surface area contributed by atoms with Crippen molar-refractivity contribution in [2.75, 3.05) is 25.6 Å². The van der Waals surface area contributed by atoms with E-state index in [1.807, 2.05) is 0 Å². The minimum absolute atomic E-state index is 0.0146. The molecule has 3 unspecified atom stereocenters. The first-order valence-corrected chi connectivity index (χ1v) is 18.8. The van der Waals surface area contributed by atoms with E-state index in [1.54, 1.807) is 11.5 Å². The summed E-state index contributed by atoms with van der Waals surface area (Å²) < 4.78 is 44.7. The first-order chi connectivity index (χ1) is 21.8. The number of aromatic amines is 1. The van der Waals surface area contributed by atoms with Gasteiger partial charge in [-0.25, -0.2) is 19.9 Å². The molecule has 24 heteroatoms. The fraction of sp³-hybridized carbons (Fsp3) is 0.545. The second-order valence-electron chi connectivity index (χ2n) is 11.1. The molecule has 4 aliphatic rings. The van der Waals surface area contributed by atoms with Gasteiger partial charge in [0.2, 0.25) is 5.95 Å². The molecule has 4 aliphatic heterocycles. The van der Waals surface area contributed by atoms with Gasteiger partial charge in [-0.2, -0.15) is 4.98 Å². The number of hydrogen-bond acceptors (Lipinski definition) is 17. The highest BCUT2D eigenvalue weighted by Gasteiger charge is 2.65. The second-order valence-corrected chi connectivity index (χ2v) is 16.6. The summed E-state index contributed by atoms with van der Waals surface area (Å²) in [5.74, 6) is -0.188. The molecule has 0 amide bonds. The van der Waals surface area contributed by atoms with Gasteiger partial charge in [0, 0.05) is 0 Å². The summed E-state index contributed by atoms with van der Waals surface area (Å²) in [6, 6.07) is 0. The lowest BCUT2D eigenvalue weighted by molar-refractivity contribution is -0.183. The van der Waals surface area contributed by atoms with Gasteiger partial charge < -0.3 is 43.9 Å². The van der Waals surface area contributed by atoms with Gasteiger partial charge in [0.15, 0.2) is 29.3 Å². The Labute approximate surface area is 267 Å². The van der Waals surface area contributed by atoms with Crippen molar-refractivity contribution >= 4 is 65.3 Å². The maximum Gasteiger partial charge on any atom is 0.325 e. The Bertz CT molecular complexity index is 2030. The molecule has 4 aromatic rings. The van der Waals surface area contributed by atoms with Crippen molar-refractivity contribution in [1.29, 1.82) is 0 Å². The van der Waals surface area contributed by atoms with Crippen LogP contribution >= 0.6 is 13.4 Å². The highest BCUT2D eigenvalue weighted by atomic mass is 32.5. The zero-order valence-electron chi connectivity index (χ0n) is 23.4. The number of nitrogen functional groups attached to an aromatic ring is 1. The van der Waals surface area contributed by atoms with Crippen LogP contribution in [0.2, 0.25) is 0 Å². The Morgan fingerprint density at radius 2 is 1.74 bits per heavy atom. The molecule has 10 atom stereocenters. The van der Waals surface area contributed by atoms with E-state index in [-0.39, 0.29) is 23.7 Å². The van der Waals surface area contributed by atoms with E-state index in [2.05, 4.69) is 29.9 Å². The molecule has 2 bridgehead atoms. The summed E-state index contributed by atoms with van der Waals surface area (Å²) >= 11 is 10.7. The zero-order valence-corrected chi connectivity index (χ0v) is 26.8. The summed E-state index contributed by atoms with van der Waals surface area (Å²) in [7, 11) is 0. The number of aliphatic hydroxyl groups excluding tert-OH is 1. The molecule has 4 aromatic heterocycles. The average Bonchev–Trinajstić information content (AvgIpc) is 3.80. The van der Waals surface area contributed by atoms with E-state index < -0.39 is 80.8 Å². The quantitative estimate of drug-likeness (QED) is 0.156. The van der Waals surface area contributed by atoms with Crippen molar-refractivity contribution < 1.29 is 47.2 Å². The van der Waals surface area contributed by atoms with E-state index in [0.29, 0.717) is 16.9 Å². The third kappa shape index (κ3) is 4.96. The summed E-state index contributed by atoms with van der Waals surface area (Å²) in [4.78, 5) is 58.1. The molecule has 0 aliphatic carbocycles. The Morgan fingerprint density at radius 3 is 2.54 bits per heavy atom. The van der Waals surface area contributed by atoms with Gasteiger partial charge in [0.05, 0.1) is 38.2 Å². The smallest absolute Gasteiger partial charge is 0.325 e. The van der Waals surface area contributed by atoms with Crippen molar-refractivity contribution in [2.45, 2.75) is 55.5 Å². The number of nitrogens with zero attached hydrogens (tertiary/aromatic N) is 7. The number of nitrogens with one attached hydrogen (secondary N) is 1. The molecule has 46 heavy (non-hydrogen) atoms. The highest BCUT2D eigenvalue weighted by molar-refractivity contribution is 8.07. The summed E-state index contributed by atoms with van der Waals surface area (Å²) in [5.41, 5.74) is 5.31. The van der Waals surface area contributed by atoms with Crippen LogP contribution in [0.4, 0.5) is 5.95 Å². The third-order valence-corrected chi connectivity index (χ3v) is 11.3. The number of aliphatic hydroxyl groups is 1. The van der Waals surface area contributed by atoms with Crippen LogP contribution in [0.25, 0.3) is 22.3 Å². The minimum Gasteiger partial charge on any atom is -0.386 e. The lowest BCUT2D eigenvalue weighted by Crippen LogP contribution is -2.46. The van der Waals surface area contributed by atoms with Gasteiger partial charge in [-0.15, -0.1) is 0 Å². The molecule has 0 spiro atoms. The molecule has 6 N–H and O–H groups in total. The number of ether oxygens (including phenoxy) is 3. The van der Waals surface area contributed by atoms with Gasteiger partial charge in [0.1, 0.15) is 48.0 Å². The molecule has 246 valence electrons. The average molecular weight is 718 g/mol. The molecule has 4 fully saturated rings. The number of H-pyrrole nitrogens is 1. The predicted octanol–water partition coefficient (Wildman–Crippen LogP) is -0.974. The van der Waals surface area contributed by atoms with Crippen LogP contribution in [-0.4, -0.2) is 110 Å². The van der Waals surface area contributed by atoms with Gasteiger partial charge in [-0.05, 0) is 30.5 Å². The lowest BCUT2D eigenvalue weighted by Gasteiger charge is -2.34. The predicted molar refractivity (Wildman–Crippen MR) is 160 cm³/mol. The molecule has 0 saturated carbocycles. The van der Waals surface area contributed by atoms with Crippen molar-refractivity contribution in [3.05, 3.63) is 35.0 Å². The SMILES string of the molecule is Cc1ncnc2c1ncn2[C@@H]1O[C@@]23CO[C@@H]1[C@@H]2OP(O)(=S)OC[C@H]1O[C@@H](n2cnc4c(=O)[nH]c(N)nc42)[C@H](O)C1OP(O)(=S)OC3. The number of nitrogens with two attached hydrogens (primary N) is 1. The number of rotatable bonds is 2. The zero-order chi connectivity index (χ0) is 32.2. The monoisotopic (exact) mass is 717 g/mol. The van der Waals surface area contributed by atoms with E-state index >= 15 is 0 Å². The first kappa shape index (κ1) is 30.9. The molecule has 8 heterocycles. The molecular weight excluding hydrogens is 692 g/mol. The topological polar surface area (TPSA) is 258 Å². The number of imidazole rings is 2. The van der Waals surface area contributed by atoms with Gasteiger partial charge in [-0.3, -0.25) is 28.0 Å². The Morgan fingerprint density at radius 1 is 1.00 bits per heavy atom. The number of aromatic nitrogens is 8. The fourth-order valence-electron chi connectivity index (χ4n) is 6.09. The molecule has 4 saturated heterocycles. The maximum atomic E-state index is 12.3. The van der Waals surface area contributed by atoms with Gasteiger partial charge in [-0.1, -0.05) is 0 Å². The second kappa shape index (κ2) is 10.8. The highest BCUT2D eigenvalue weighted by Crippen LogP contribution is 2.58. The van der Waals surface area contributed by atoms with Crippen molar-refractivity contribution in [3.8, 4) is 0 Å². The number of fused-ring (bicyclic) bond motifs is 3. The van der Waals surface area contributed by atoms with Gasteiger partial charge in [0.25, 0.3) is 5.56 Å². The third-order valence-electron chi connectivity index (χ3n) is 8.20. The van der Waals surface area contributed by atoms with Crippen LogP contribution < -0.4 is 11.3 Å². The van der Waals surface area contributed by atoms with E-state index in [4.69, 9.17) is 61.7 Å². The standard InChI is InChI=1S/C22H25N9O11P2S2/c1-8-10-16(25-5-24-8)30(6-26-10)20-14-15-22(40-20,3-36-14)4-38-44(35,46)41-13-9(2-37-43(34,45)42-15)39-19(12(13)32)31-7-27-11-17(31)28-21(23)29-18(11)33/h5-7,9,12-15,19-20,32H,2-4H2,1H3,(H,34,45)(H,35,46)(H3,23,28,29,33)/t9-,12-,13?,14-,15+,19-,20-,22-,43?,44?/m1/s1. The normalized spacial score (nSPS) is 39.7. The Kier molecular flexibility index (Phi) is 7.26. The van der Waals surface area contributed by atoms with Crippen molar-refractivity contribution in [2.24, 2.45) is 0 Å². The van der Waals surface area contributed by atoms with Crippen LogP contribution in [0, 0.1) is 6.92 Å². The first-order valence-electron chi connectivity index (χ1n) is 13.7. The van der Waals surface area contributed by atoms with E-state index in [1.165, 1.54) is 23.5 Å². The largest absolute Gasteiger partial charge is 0.386 e. The van der Waals surface area contributed by atoms with E-state index in [9.17, 15) is 19.7 Å². The molecule has 0 aromatic carbocycles. The van der Waals surface area contributed by atoms with Crippen LogP contribution in [0.15, 0.2) is 23.8 Å². The Balaban J connectivity index is 1.10. The van der Waals surface area contributed by atoms with Gasteiger partial charge >= 0.3 is 13.4 Å². The number of hydrogen-bond donors (Lipinski definition) is 5. The van der Waals surface area contributed by atoms with Crippen LogP contribution in [0.1, 0.15) is 18.1 Å². The maximum absolute atomic E-state index is 12.3. The lowest BCUT2D eigenvalue weighted by atomic mass is 10.0. The minimum atomic E-state index is -4.15. The summed E-state index contributed by atoms with van der Waals surface area (Å²) in [6.45, 7) is -7.38. The number of anilines is 1.